The summed E-state index contributed by atoms with van der Waals surface area (Å²) < 4.78 is 13.8. The van der Waals surface area contributed by atoms with Gasteiger partial charge in [-0.25, -0.2) is 4.39 Å². The van der Waals surface area contributed by atoms with Crippen molar-refractivity contribution in [2.75, 3.05) is 0 Å². The van der Waals surface area contributed by atoms with Crippen molar-refractivity contribution < 1.29 is 9.18 Å². The van der Waals surface area contributed by atoms with Crippen LogP contribution < -0.4 is 11.1 Å². The predicted molar refractivity (Wildman–Crippen MR) is 81.6 cm³/mol. The Morgan fingerprint density at radius 2 is 1.81 bits per heavy atom. The Morgan fingerprint density at radius 1 is 1.10 bits per heavy atom. The maximum atomic E-state index is 13.8. The molecule has 3 N–H and O–H groups in total. The van der Waals surface area contributed by atoms with E-state index in [0.717, 1.165) is 25.7 Å². The van der Waals surface area contributed by atoms with Crippen molar-refractivity contribution in [3.63, 3.8) is 0 Å². The number of nitrogens with one attached hydrogen (secondary N) is 1. The second kappa shape index (κ2) is 5.82. The first-order valence-electron chi connectivity index (χ1n) is 7.40. The lowest BCUT2D eigenvalue weighted by Crippen LogP contribution is -2.49. The van der Waals surface area contributed by atoms with E-state index < -0.39 is 0 Å². The molecule has 1 fully saturated rings. The molecular formula is C17H19FN2O. The fourth-order valence-electron chi connectivity index (χ4n) is 3.05. The van der Waals surface area contributed by atoms with Gasteiger partial charge in [0.15, 0.2) is 0 Å². The van der Waals surface area contributed by atoms with Crippen LogP contribution in [0.3, 0.4) is 0 Å². The van der Waals surface area contributed by atoms with Gasteiger partial charge in [0.1, 0.15) is 5.82 Å². The minimum Gasteiger partial charge on any atom is -0.348 e. The molecule has 0 radical (unpaired) electrons. The maximum Gasteiger partial charge on any atom is 0.252 e. The van der Waals surface area contributed by atoms with E-state index in [2.05, 4.69) is 5.32 Å². The fraction of sp³-hybridized carbons (Fsp3) is 0.353. The highest BCUT2D eigenvalue weighted by atomic mass is 19.1. The summed E-state index contributed by atoms with van der Waals surface area (Å²) in [6.07, 6.45) is 4.05. The summed E-state index contributed by atoms with van der Waals surface area (Å²) in [4.78, 5) is 12.5. The zero-order valence-corrected chi connectivity index (χ0v) is 11.8. The Bertz CT molecular complexity index is 671. The van der Waals surface area contributed by atoms with E-state index in [9.17, 15) is 9.18 Å². The van der Waals surface area contributed by atoms with Crippen LogP contribution in [0.25, 0.3) is 10.8 Å². The van der Waals surface area contributed by atoms with Crippen molar-refractivity contribution >= 4 is 16.7 Å². The van der Waals surface area contributed by atoms with E-state index in [0.29, 0.717) is 16.3 Å². The standard InChI is InChI=1S/C17H19FN2O/c18-14-10-9-13(11-5-1-2-6-12(11)14)17(21)20-16-8-4-3-7-15(16)19/h1-2,5-6,9-10,15-16H,3-4,7-8,19H2,(H,20,21)/t15-,16-/m1/s1. The van der Waals surface area contributed by atoms with Gasteiger partial charge in [0, 0.05) is 23.0 Å². The lowest BCUT2D eigenvalue weighted by molar-refractivity contribution is 0.0923. The first-order valence-corrected chi connectivity index (χ1v) is 7.40. The Hall–Kier alpha value is -1.94. The van der Waals surface area contributed by atoms with E-state index in [1.165, 1.54) is 6.07 Å². The highest BCUT2D eigenvalue weighted by molar-refractivity contribution is 6.07. The molecule has 1 amide bonds. The molecule has 0 unspecified atom stereocenters. The topological polar surface area (TPSA) is 55.1 Å². The molecule has 1 aliphatic carbocycles. The highest BCUT2D eigenvalue weighted by Gasteiger charge is 2.24. The number of amides is 1. The molecule has 0 spiro atoms. The monoisotopic (exact) mass is 286 g/mol. The van der Waals surface area contributed by atoms with Gasteiger partial charge in [0.2, 0.25) is 0 Å². The van der Waals surface area contributed by atoms with Crippen LogP contribution in [0.1, 0.15) is 36.0 Å². The van der Waals surface area contributed by atoms with Crippen LogP contribution in [0, 0.1) is 5.82 Å². The third-order valence-electron chi connectivity index (χ3n) is 4.25. The van der Waals surface area contributed by atoms with Crippen LogP contribution in [-0.4, -0.2) is 18.0 Å². The van der Waals surface area contributed by atoms with Gasteiger partial charge >= 0.3 is 0 Å². The second-order valence-electron chi connectivity index (χ2n) is 5.67. The minimum absolute atomic E-state index is 0.00872. The first-order chi connectivity index (χ1) is 10.2. The number of carbonyl (C=O) groups is 1. The quantitative estimate of drug-likeness (QED) is 0.891. The highest BCUT2D eigenvalue weighted by Crippen LogP contribution is 2.23. The van der Waals surface area contributed by atoms with E-state index in [-0.39, 0.29) is 23.8 Å². The summed E-state index contributed by atoms with van der Waals surface area (Å²) in [5.74, 6) is -0.481. The number of hydrogen-bond acceptors (Lipinski definition) is 2. The van der Waals surface area contributed by atoms with Gasteiger partial charge in [-0.3, -0.25) is 4.79 Å². The Labute approximate surface area is 123 Å². The molecule has 2 aromatic carbocycles. The number of hydrogen-bond donors (Lipinski definition) is 2. The zero-order valence-electron chi connectivity index (χ0n) is 11.8. The van der Waals surface area contributed by atoms with Crippen molar-refractivity contribution in [2.45, 2.75) is 37.8 Å². The number of rotatable bonds is 2. The molecule has 2 atom stereocenters. The van der Waals surface area contributed by atoms with E-state index in [1.807, 2.05) is 6.07 Å². The summed E-state index contributed by atoms with van der Waals surface area (Å²) in [7, 11) is 0. The summed E-state index contributed by atoms with van der Waals surface area (Å²) in [5.41, 5.74) is 6.57. The maximum absolute atomic E-state index is 13.8. The lowest BCUT2D eigenvalue weighted by atomic mass is 9.90. The largest absolute Gasteiger partial charge is 0.348 e. The van der Waals surface area contributed by atoms with E-state index in [1.54, 1.807) is 24.3 Å². The average Bonchev–Trinajstić information content (AvgIpc) is 2.50. The first kappa shape index (κ1) is 14.0. The molecule has 110 valence electrons. The molecule has 1 saturated carbocycles. The number of halogens is 1. The van der Waals surface area contributed by atoms with E-state index in [4.69, 9.17) is 5.73 Å². The molecule has 2 aromatic rings. The fourth-order valence-corrected chi connectivity index (χ4v) is 3.05. The number of benzene rings is 2. The van der Waals surface area contributed by atoms with Crippen molar-refractivity contribution in [3.8, 4) is 0 Å². The van der Waals surface area contributed by atoms with Crippen molar-refractivity contribution in [2.24, 2.45) is 5.73 Å². The molecule has 3 nitrogen and oxygen atoms in total. The minimum atomic E-state index is -0.309. The molecule has 0 saturated heterocycles. The van der Waals surface area contributed by atoms with Crippen molar-refractivity contribution in [1.29, 1.82) is 0 Å². The van der Waals surface area contributed by atoms with Gasteiger partial charge in [0.25, 0.3) is 5.91 Å². The summed E-state index contributed by atoms with van der Waals surface area (Å²) >= 11 is 0. The van der Waals surface area contributed by atoms with Gasteiger partial charge in [-0.15, -0.1) is 0 Å². The third-order valence-corrected chi connectivity index (χ3v) is 4.25. The Morgan fingerprint density at radius 3 is 2.57 bits per heavy atom. The molecule has 21 heavy (non-hydrogen) atoms. The molecular weight excluding hydrogens is 267 g/mol. The van der Waals surface area contributed by atoms with Gasteiger partial charge in [-0.05, 0) is 30.4 Å². The van der Waals surface area contributed by atoms with Crippen molar-refractivity contribution in [3.05, 3.63) is 47.8 Å². The zero-order chi connectivity index (χ0) is 14.8. The normalized spacial score (nSPS) is 22.2. The van der Waals surface area contributed by atoms with Crippen LogP contribution in [0.5, 0.6) is 0 Å². The van der Waals surface area contributed by atoms with Crippen LogP contribution in [0.4, 0.5) is 4.39 Å². The number of carbonyl (C=O) groups excluding carboxylic acids is 1. The molecule has 0 bridgehead atoms. The molecule has 0 heterocycles. The van der Waals surface area contributed by atoms with Crippen molar-refractivity contribution in [1.82, 2.24) is 5.32 Å². The van der Waals surface area contributed by atoms with Crippen LogP contribution in [0.2, 0.25) is 0 Å². The molecule has 0 aliphatic heterocycles. The number of fused-ring (bicyclic) bond motifs is 1. The van der Waals surface area contributed by atoms with E-state index >= 15 is 0 Å². The number of nitrogens with two attached hydrogens (primary N) is 1. The molecule has 4 heteroatoms. The van der Waals surface area contributed by atoms with Crippen LogP contribution in [0.15, 0.2) is 36.4 Å². The SMILES string of the molecule is N[C@@H]1CCCC[C@H]1NC(=O)c1ccc(F)c2ccccc12. The van der Waals surface area contributed by atoms with Gasteiger partial charge < -0.3 is 11.1 Å². The van der Waals surface area contributed by atoms with Gasteiger partial charge in [0.05, 0.1) is 0 Å². The van der Waals surface area contributed by atoms with Gasteiger partial charge in [-0.2, -0.15) is 0 Å². The summed E-state index contributed by atoms with van der Waals surface area (Å²) in [6, 6.07) is 9.94. The molecule has 3 rings (SSSR count). The molecule has 0 aromatic heterocycles. The average molecular weight is 286 g/mol. The predicted octanol–water partition coefficient (Wildman–Crippen LogP) is 2.98. The summed E-state index contributed by atoms with van der Waals surface area (Å²) in [6.45, 7) is 0. The third kappa shape index (κ3) is 2.76. The van der Waals surface area contributed by atoms with Crippen LogP contribution in [-0.2, 0) is 0 Å². The smallest absolute Gasteiger partial charge is 0.252 e. The van der Waals surface area contributed by atoms with Crippen LogP contribution >= 0.6 is 0 Å². The lowest BCUT2D eigenvalue weighted by Gasteiger charge is -2.29. The summed E-state index contributed by atoms with van der Waals surface area (Å²) in [5, 5.41) is 4.12. The molecule has 1 aliphatic rings. The Balaban J connectivity index is 1.89. The Kier molecular flexibility index (Phi) is 3.88. The second-order valence-corrected chi connectivity index (χ2v) is 5.67. The van der Waals surface area contributed by atoms with Gasteiger partial charge in [-0.1, -0.05) is 37.1 Å².